The Labute approximate surface area is 220 Å². The van der Waals surface area contributed by atoms with E-state index in [-0.39, 0.29) is 11.8 Å². The minimum atomic E-state index is 0.179. The molecule has 37 heavy (non-hydrogen) atoms. The molecule has 5 heterocycles. The number of nitrogens with one attached hydrogen (secondary N) is 1. The first-order valence-corrected chi connectivity index (χ1v) is 13.2. The summed E-state index contributed by atoms with van der Waals surface area (Å²) in [5.41, 5.74) is 5.43. The molecule has 0 saturated carbocycles. The van der Waals surface area contributed by atoms with Crippen molar-refractivity contribution in [1.82, 2.24) is 39.6 Å². The van der Waals surface area contributed by atoms with Crippen molar-refractivity contribution < 1.29 is 9.53 Å². The van der Waals surface area contributed by atoms with Gasteiger partial charge in [-0.2, -0.15) is 10.2 Å². The fourth-order valence-corrected chi connectivity index (χ4v) is 5.92. The van der Waals surface area contributed by atoms with E-state index < -0.39 is 0 Å². The van der Waals surface area contributed by atoms with Gasteiger partial charge in [0.2, 0.25) is 5.91 Å². The summed E-state index contributed by atoms with van der Waals surface area (Å²) in [6.07, 6.45) is 3.44. The van der Waals surface area contributed by atoms with Crippen molar-refractivity contribution in [2.45, 2.75) is 26.7 Å². The summed E-state index contributed by atoms with van der Waals surface area (Å²) in [5, 5.41) is 14.3. The first-order valence-electron chi connectivity index (χ1n) is 12.4. The molecule has 0 spiro atoms. The minimum Gasteiger partial charge on any atom is -0.493 e. The van der Waals surface area contributed by atoms with Crippen LogP contribution < -0.4 is 9.64 Å². The number of piperazine rings is 1. The quantitative estimate of drug-likeness (QED) is 0.394. The molecule has 1 saturated heterocycles. The minimum absolute atomic E-state index is 0.179. The number of anilines is 1. The van der Waals surface area contributed by atoms with Crippen LogP contribution in [0.15, 0.2) is 18.6 Å². The Bertz CT molecular complexity index is 1410. The van der Waals surface area contributed by atoms with E-state index in [1.54, 1.807) is 23.0 Å². The number of fused-ring (bicyclic) bond motifs is 1. The van der Waals surface area contributed by atoms with Gasteiger partial charge in [-0.15, -0.1) is 0 Å². The van der Waals surface area contributed by atoms with Crippen LogP contribution in [-0.2, 0) is 4.79 Å². The number of methoxy groups -OCH3 is 1. The third-order valence-corrected chi connectivity index (χ3v) is 7.81. The number of rotatable bonds is 7. The second kappa shape index (κ2) is 10.1. The van der Waals surface area contributed by atoms with Gasteiger partial charge in [-0.1, -0.05) is 25.2 Å². The average Bonchev–Trinajstić information content (AvgIpc) is 3.60. The van der Waals surface area contributed by atoms with Crippen LogP contribution in [-0.4, -0.2) is 99.4 Å². The molecule has 0 atom stereocenters. The summed E-state index contributed by atoms with van der Waals surface area (Å²) in [4.78, 5) is 27.9. The molecule has 0 aliphatic carbocycles. The number of ether oxygens (including phenoxy) is 1. The second-order valence-electron chi connectivity index (χ2n) is 9.86. The number of amides is 1. The van der Waals surface area contributed by atoms with Gasteiger partial charge in [0.1, 0.15) is 16.3 Å². The Morgan fingerprint density at radius 2 is 2.00 bits per heavy atom. The Hall–Kier alpha value is -3.51. The smallest absolute Gasteiger partial charge is 0.236 e. The van der Waals surface area contributed by atoms with Crippen LogP contribution in [0.5, 0.6) is 5.75 Å². The van der Waals surface area contributed by atoms with Gasteiger partial charge in [0, 0.05) is 43.5 Å². The molecule has 1 N–H and O–H groups in total. The molecule has 4 aromatic rings. The summed E-state index contributed by atoms with van der Waals surface area (Å²) >= 11 is 1.67. The SMILES string of the molecule is COc1cc(-c2n[nH]c(-c3nc(C)c(N4CCN(C(=O)CN(C)C)CC4)s3)c2C(C)C)cn2ncnc12. The van der Waals surface area contributed by atoms with Crippen LogP contribution in [0, 0.1) is 6.92 Å². The van der Waals surface area contributed by atoms with Gasteiger partial charge < -0.3 is 19.4 Å². The number of likely N-dealkylation sites (N-methyl/N-ethyl adjacent to an activating group) is 1. The molecule has 1 fully saturated rings. The maximum Gasteiger partial charge on any atom is 0.236 e. The molecule has 4 aromatic heterocycles. The summed E-state index contributed by atoms with van der Waals surface area (Å²) in [6, 6.07) is 1.95. The molecular weight excluding hydrogens is 490 g/mol. The van der Waals surface area contributed by atoms with E-state index in [2.05, 4.69) is 40.9 Å². The zero-order valence-corrected chi connectivity index (χ0v) is 23.0. The summed E-state index contributed by atoms with van der Waals surface area (Å²) in [5.74, 6) is 1.03. The van der Waals surface area contributed by atoms with Crippen molar-refractivity contribution in [3.05, 3.63) is 29.8 Å². The highest BCUT2D eigenvalue weighted by Gasteiger charge is 2.27. The van der Waals surface area contributed by atoms with Crippen LogP contribution in [0.2, 0.25) is 0 Å². The van der Waals surface area contributed by atoms with Gasteiger partial charge >= 0.3 is 0 Å². The van der Waals surface area contributed by atoms with Crippen molar-refractivity contribution in [3.8, 4) is 27.7 Å². The maximum atomic E-state index is 12.5. The number of aromatic amines is 1. The van der Waals surface area contributed by atoms with Crippen molar-refractivity contribution in [1.29, 1.82) is 0 Å². The first-order chi connectivity index (χ1) is 17.8. The molecule has 1 aliphatic heterocycles. The molecule has 0 radical (unpaired) electrons. The lowest BCUT2D eigenvalue weighted by Gasteiger charge is -2.35. The van der Waals surface area contributed by atoms with Crippen LogP contribution in [0.4, 0.5) is 5.00 Å². The number of hydrogen-bond acceptors (Lipinski definition) is 9. The second-order valence-corrected chi connectivity index (χ2v) is 10.8. The highest BCUT2D eigenvalue weighted by atomic mass is 32.1. The lowest BCUT2D eigenvalue weighted by molar-refractivity contribution is -0.132. The summed E-state index contributed by atoms with van der Waals surface area (Å²) in [7, 11) is 5.48. The molecule has 0 aromatic carbocycles. The van der Waals surface area contributed by atoms with Crippen molar-refractivity contribution in [2.75, 3.05) is 58.8 Å². The van der Waals surface area contributed by atoms with Gasteiger partial charge in [-0.25, -0.2) is 14.5 Å². The molecule has 0 unspecified atom stereocenters. The molecule has 1 aliphatic rings. The van der Waals surface area contributed by atoms with Crippen molar-refractivity contribution in [3.63, 3.8) is 0 Å². The van der Waals surface area contributed by atoms with Crippen LogP contribution in [0.3, 0.4) is 0 Å². The Balaban J connectivity index is 1.43. The Morgan fingerprint density at radius 1 is 1.24 bits per heavy atom. The fraction of sp³-hybridized carbons (Fsp3) is 0.480. The molecule has 11 nitrogen and oxygen atoms in total. The first kappa shape index (κ1) is 25.2. The fourth-order valence-electron chi connectivity index (χ4n) is 4.79. The lowest BCUT2D eigenvalue weighted by Crippen LogP contribution is -2.50. The Kier molecular flexibility index (Phi) is 6.86. The van der Waals surface area contributed by atoms with E-state index in [0.717, 1.165) is 64.4 Å². The van der Waals surface area contributed by atoms with Crippen molar-refractivity contribution in [2.24, 2.45) is 0 Å². The molecule has 196 valence electrons. The number of H-pyrrole nitrogens is 1. The number of nitrogens with zero attached hydrogens (tertiary/aromatic N) is 8. The van der Waals surface area contributed by atoms with Crippen LogP contribution in [0.25, 0.3) is 27.6 Å². The third-order valence-electron chi connectivity index (χ3n) is 6.57. The predicted octanol–water partition coefficient (Wildman–Crippen LogP) is 2.89. The summed E-state index contributed by atoms with van der Waals surface area (Å²) in [6.45, 7) is 9.85. The van der Waals surface area contributed by atoms with E-state index in [9.17, 15) is 4.79 Å². The number of aromatic nitrogens is 6. The number of carbonyl (C=O) groups is 1. The molecule has 5 rings (SSSR count). The van der Waals surface area contributed by atoms with E-state index in [0.29, 0.717) is 17.9 Å². The van der Waals surface area contributed by atoms with Gasteiger partial charge in [0.05, 0.1) is 30.7 Å². The zero-order valence-electron chi connectivity index (χ0n) is 22.1. The highest BCUT2D eigenvalue weighted by Crippen LogP contribution is 2.41. The van der Waals surface area contributed by atoms with E-state index >= 15 is 0 Å². The largest absolute Gasteiger partial charge is 0.493 e. The van der Waals surface area contributed by atoms with Gasteiger partial charge in [-0.05, 0) is 33.0 Å². The van der Waals surface area contributed by atoms with E-state index in [4.69, 9.17) is 14.8 Å². The number of aryl methyl sites for hydroxylation is 1. The maximum absolute atomic E-state index is 12.5. The normalized spacial score (nSPS) is 14.4. The summed E-state index contributed by atoms with van der Waals surface area (Å²) < 4.78 is 7.27. The average molecular weight is 524 g/mol. The zero-order chi connectivity index (χ0) is 26.3. The number of pyridine rings is 1. The number of thiazole rings is 1. The molecular formula is C25H33N9O2S. The van der Waals surface area contributed by atoms with Crippen LogP contribution >= 0.6 is 11.3 Å². The highest BCUT2D eigenvalue weighted by molar-refractivity contribution is 7.19. The van der Waals surface area contributed by atoms with Gasteiger partial charge in [-0.3, -0.25) is 9.89 Å². The number of hydrogen-bond donors (Lipinski definition) is 1. The van der Waals surface area contributed by atoms with Crippen LogP contribution in [0.1, 0.15) is 31.0 Å². The van der Waals surface area contributed by atoms with E-state index in [1.807, 2.05) is 36.2 Å². The monoisotopic (exact) mass is 523 g/mol. The third kappa shape index (κ3) is 4.78. The van der Waals surface area contributed by atoms with Crippen molar-refractivity contribution >= 4 is 27.9 Å². The standard InChI is InChI=1S/C25H33N9O2S/c1-15(2)20-21(17-11-18(36-6)23-26-14-27-34(23)12-17)29-30-22(20)24-28-16(3)25(37-24)33-9-7-32(8-10-33)19(35)13-31(4)5/h11-12,14-15H,7-10,13H2,1-6H3,(H,29,30). The van der Waals surface area contributed by atoms with E-state index in [1.165, 1.54) is 6.33 Å². The van der Waals surface area contributed by atoms with Gasteiger partial charge in [0.25, 0.3) is 0 Å². The van der Waals surface area contributed by atoms with Gasteiger partial charge in [0.15, 0.2) is 11.4 Å². The number of carbonyl (C=O) groups excluding carboxylic acids is 1. The molecule has 0 bridgehead atoms. The lowest BCUT2D eigenvalue weighted by atomic mass is 9.97. The predicted molar refractivity (Wildman–Crippen MR) is 144 cm³/mol. The topological polar surface area (TPSA) is 108 Å². The Morgan fingerprint density at radius 3 is 2.68 bits per heavy atom. The molecule has 1 amide bonds. The molecule has 12 heteroatoms.